The van der Waals surface area contributed by atoms with Gasteiger partial charge in [0, 0.05) is 11.1 Å². The Labute approximate surface area is 110 Å². The molecule has 0 amide bonds. The first kappa shape index (κ1) is 15.1. The molecule has 1 rings (SSSR count). The molecule has 18 heavy (non-hydrogen) atoms. The van der Waals surface area contributed by atoms with Crippen molar-refractivity contribution in [2.75, 3.05) is 13.2 Å². The van der Waals surface area contributed by atoms with E-state index < -0.39 is 12.5 Å². The monoisotopic (exact) mass is 293 g/mol. The van der Waals surface area contributed by atoms with Crippen molar-refractivity contribution in [3.05, 3.63) is 33.3 Å². The van der Waals surface area contributed by atoms with Gasteiger partial charge in [-0.25, -0.2) is 0 Å². The molecule has 100 valence electrons. The van der Waals surface area contributed by atoms with Crippen molar-refractivity contribution in [3.8, 4) is 0 Å². The molecule has 0 N–H and O–H groups in total. The Morgan fingerprint density at radius 3 is 2.33 bits per heavy atom. The summed E-state index contributed by atoms with van der Waals surface area (Å²) in [6.45, 7) is 3.51. The first-order chi connectivity index (χ1) is 8.44. The van der Waals surface area contributed by atoms with Crippen molar-refractivity contribution in [1.82, 2.24) is 0 Å². The minimum Gasteiger partial charge on any atom is -0.305 e. The number of hydrogen-bond donors (Lipinski definition) is 0. The average molecular weight is 294 g/mol. The summed E-state index contributed by atoms with van der Waals surface area (Å²) in [6, 6.07) is 3.84. The number of benzene rings is 1. The largest absolute Gasteiger partial charge is 0.368 e. The highest BCUT2D eigenvalue weighted by atomic mass is 35.5. The van der Waals surface area contributed by atoms with E-state index in [4.69, 9.17) is 20.6 Å². The van der Waals surface area contributed by atoms with E-state index in [0.29, 0.717) is 0 Å². The van der Waals surface area contributed by atoms with Gasteiger partial charge < -0.3 is 9.05 Å². The van der Waals surface area contributed by atoms with Crippen molar-refractivity contribution in [1.29, 1.82) is 0 Å². The second-order valence-electron chi connectivity index (χ2n) is 3.22. The molecule has 0 aliphatic heterocycles. The van der Waals surface area contributed by atoms with Gasteiger partial charge in [-0.3, -0.25) is 14.7 Å². The molecule has 8 heteroatoms. The molecule has 0 radical (unpaired) electrons. The number of rotatable bonds is 6. The summed E-state index contributed by atoms with van der Waals surface area (Å²) in [6.07, 6.45) is 0. The van der Waals surface area contributed by atoms with Crippen LogP contribution < -0.4 is 5.30 Å². The SMILES string of the molecule is CCOP(=O)(OCC)c1ccc(Cl)cc1[N+](=O)[O-]. The number of halogens is 1. The summed E-state index contributed by atoms with van der Waals surface area (Å²) in [5.74, 6) is 0. The Hall–Kier alpha value is -0.940. The smallest absolute Gasteiger partial charge is 0.305 e. The molecule has 0 heterocycles. The molecular formula is C10H13ClNO5P. The molecule has 0 spiro atoms. The molecule has 0 bridgehead atoms. The van der Waals surface area contributed by atoms with Crippen molar-refractivity contribution in [2.45, 2.75) is 13.8 Å². The van der Waals surface area contributed by atoms with Crippen LogP contribution in [0.2, 0.25) is 5.02 Å². The van der Waals surface area contributed by atoms with Gasteiger partial charge in [0.1, 0.15) is 5.30 Å². The van der Waals surface area contributed by atoms with E-state index in [2.05, 4.69) is 0 Å². The fourth-order valence-corrected chi connectivity index (χ4v) is 3.27. The molecular weight excluding hydrogens is 281 g/mol. The average Bonchev–Trinajstić information content (AvgIpc) is 2.29. The lowest BCUT2D eigenvalue weighted by Gasteiger charge is -2.16. The van der Waals surface area contributed by atoms with E-state index in [1.54, 1.807) is 13.8 Å². The lowest BCUT2D eigenvalue weighted by atomic mass is 10.3. The van der Waals surface area contributed by atoms with Crippen LogP contribution in [-0.2, 0) is 13.6 Å². The molecule has 0 aliphatic rings. The molecule has 1 aromatic rings. The quantitative estimate of drug-likeness (QED) is 0.457. The van der Waals surface area contributed by atoms with Gasteiger partial charge in [-0.15, -0.1) is 0 Å². The summed E-state index contributed by atoms with van der Waals surface area (Å²) in [7, 11) is -3.68. The maximum absolute atomic E-state index is 12.5. The van der Waals surface area contributed by atoms with Gasteiger partial charge in [-0.1, -0.05) is 11.6 Å². The van der Waals surface area contributed by atoms with Gasteiger partial charge in [0.25, 0.3) is 5.69 Å². The van der Waals surface area contributed by atoms with Crippen molar-refractivity contribution in [3.63, 3.8) is 0 Å². The Bertz CT molecular complexity index is 483. The van der Waals surface area contributed by atoms with Crippen molar-refractivity contribution < 1.29 is 18.5 Å². The van der Waals surface area contributed by atoms with E-state index in [9.17, 15) is 14.7 Å². The molecule has 1 aromatic carbocycles. The Morgan fingerprint density at radius 2 is 1.89 bits per heavy atom. The summed E-state index contributed by atoms with van der Waals surface area (Å²) in [5, 5.41) is 11.0. The fourth-order valence-electron chi connectivity index (χ4n) is 1.39. The summed E-state index contributed by atoms with van der Waals surface area (Å²) < 4.78 is 22.6. The molecule has 0 aliphatic carbocycles. The van der Waals surface area contributed by atoms with Gasteiger partial charge in [0.2, 0.25) is 0 Å². The van der Waals surface area contributed by atoms with Crippen molar-refractivity contribution >= 4 is 30.2 Å². The third kappa shape index (κ3) is 3.29. The lowest BCUT2D eigenvalue weighted by Crippen LogP contribution is -2.14. The van der Waals surface area contributed by atoms with E-state index in [1.807, 2.05) is 0 Å². The van der Waals surface area contributed by atoms with Crippen LogP contribution in [0.3, 0.4) is 0 Å². The zero-order valence-corrected chi connectivity index (χ0v) is 11.6. The van der Waals surface area contributed by atoms with E-state index in [1.165, 1.54) is 12.1 Å². The van der Waals surface area contributed by atoms with Gasteiger partial charge in [-0.2, -0.15) is 0 Å². The number of hydrogen-bond acceptors (Lipinski definition) is 5. The second kappa shape index (κ2) is 6.29. The van der Waals surface area contributed by atoms with Gasteiger partial charge in [0.05, 0.1) is 18.1 Å². The first-order valence-corrected chi connectivity index (χ1v) is 7.20. The standard InChI is InChI=1S/C10H13ClNO5P/c1-3-16-18(15,17-4-2)10-6-5-8(11)7-9(10)12(13)14/h5-7H,3-4H2,1-2H3. The summed E-state index contributed by atoms with van der Waals surface area (Å²) in [5.41, 5.74) is -0.368. The third-order valence-electron chi connectivity index (χ3n) is 2.03. The minimum absolute atomic E-state index is 0.0828. The maximum atomic E-state index is 12.5. The zero-order chi connectivity index (χ0) is 13.8. The second-order valence-corrected chi connectivity index (χ2v) is 5.65. The number of nitrogens with zero attached hydrogens (tertiary/aromatic N) is 1. The molecule has 0 saturated carbocycles. The number of nitro benzene ring substituents is 1. The normalized spacial score (nSPS) is 11.5. The predicted molar refractivity (Wildman–Crippen MR) is 68.6 cm³/mol. The fraction of sp³-hybridized carbons (Fsp3) is 0.400. The van der Waals surface area contributed by atoms with E-state index in [-0.39, 0.29) is 29.2 Å². The maximum Gasteiger partial charge on any atom is 0.368 e. The van der Waals surface area contributed by atoms with Crippen LogP contribution in [-0.4, -0.2) is 18.1 Å². The van der Waals surface area contributed by atoms with Crippen molar-refractivity contribution in [2.24, 2.45) is 0 Å². The molecule has 0 atom stereocenters. The van der Waals surface area contributed by atoms with Crippen LogP contribution in [0.4, 0.5) is 5.69 Å². The molecule has 6 nitrogen and oxygen atoms in total. The first-order valence-electron chi connectivity index (χ1n) is 5.28. The molecule has 0 saturated heterocycles. The molecule has 0 unspecified atom stereocenters. The minimum atomic E-state index is -3.68. The van der Waals surface area contributed by atoms with E-state index in [0.717, 1.165) is 6.07 Å². The van der Waals surface area contributed by atoms with Gasteiger partial charge in [0.15, 0.2) is 0 Å². The molecule has 0 aromatic heterocycles. The van der Waals surface area contributed by atoms with E-state index >= 15 is 0 Å². The predicted octanol–water partition coefficient (Wildman–Crippen LogP) is 3.14. The van der Waals surface area contributed by atoms with Crippen LogP contribution >= 0.6 is 19.2 Å². The number of nitro groups is 1. The van der Waals surface area contributed by atoms with Crippen LogP contribution in [0.25, 0.3) is 0 Å². The molecule has 0 fully saturated rings. The highest BCUT2D eigenvalue weighted by Crippen LogP contribution is 2.49. The lowest BCUT2D eigenvalue weighted by molar-refractivity contribution is -0.383. The highest BCUT2D eigenvalue weighted by molar-refractivity contribution is 7.62. The third-order valence-corrected chi connectivity index (χ3v) is 4.43. The Balaban J connectivity index is 3.36. The zero-order valence-electron chi connectivity index (χ0n) is 9.96. The highest BCUT2D eigenvalue weighted by Gasteiger charge is 2.34. The summed E-state index contributed by atoms with van der Waals surface area (Å²) >= 11 is 5.69. The van der Waals surface area contributed by atoms with Crippen LogP contribution in [0.5, 0.6) is 0 Å². The van der Waals surface area contributed by atoms with Crippen LogP contribution in [0.15, 0.2) is 18.2 Å². The Kier molecular flexibility index (Phi) is 5.28. The van der Waals surface area contributed by atoms with Gasteiger partial charge >= 0.3 is 7.60 Å². The van der Waals surface area contributed by atoms with Crippen LogP contribution in [0, 0.1) is 10.1 Å². The Morgan fingerprint density at radius 1 is 1.33 bits per heavy atom. The van der Waals surface area contributed by atoms with Gasteiger partial charge in [-0.05, 0) is 26.0 Å². The topological polar surface area (TPSA) is 78.7 Å². The summed E-state index contributed by atoms with van der Waals surface area (Å²) in [4.78, 5) is 10.3. The van der Waals surface area contributed by atoms with Crippen LogP contribution in [0.1, 0.15) is 13.8 Å².